The van der Waals surface area contributed by atoms with E-state index in [9.17, 15) is 19.2 Å². The molecule has 0 saturated carbocycles. The predicted molar refractivity (Wildman–Crippen MR) is 61.0 cm³/mol. The first-order valence-electron chi connectivity index (χ1n) is 5.52. The number of hydrogen-bond donors (Lipinski definition) is 3. The summed E-state index contributed by atoms with van der Waals surface area (Å²) in [4.78, 5) is 46.1. The van der Waals surface area contributed by atoms with Crippen LogP contribution in [0.3, 0.4) is 0 Å². The third kappa shape index (κ3) is 3.52. The van der Waals surface area contributed by atoms with E-state index in [4.69, 9.17) is 5.73 Å². The summed E-state index contributed by atoms with van der Waals surface area (Å²) in [5.41, 5.74) is 5.06. The van der Waals surface area contributed by atoms with Crippen LogP contribution in [0.2, 0.25) is 0 Å². The smallest absolute Gasteiger partial charge is 0.251 e. The van der Waals surface area contributed by atoms with E-state index in [1.807, 2.05) is 0 Å². The first-order valence-corrected chi connectivity index (χ1v) is 5.52. The Morgan fingerprint density at radius 3 is 2.67 bits per heavy atom. The fraction of sp³-hybridized carbons (Fsp3) is 0.600. The molecular formula is C10H16N4O4. The number of carbonyl (C=O) groups excluding carboxylic acids is 4. The topological polar surface area (TPSA) is 122 Å². The fourth-order valence-corrected chi connectivity index (χ4v) is 1.55. The summed E-state index contributed by atoms with van der Waals surface area (Å²) in [5.74, 6) is -1.64. The minimum atomic E-state index is -0.713. The molecule has 0 aromatic heterocycles. The standard InChI is InChI=1S/C10H16N4O4/c1-14-9(17)3-2-6(10(14)18)13-8(16)5-12-7(15)4-11/h6H,2-5,11H2,1H3,(H,12,15)(H,13,16). The molecule has 1 fully saturated rings. The summed E-state index contributed by atoms with van der Waals surface area (Å²) in [6.45, 7) is -0.440. The highest BCUT2D eigenvalue weighted by molar-refractivity contribution is 6.01. The number of likely N-dealkylation sites (tertiary alicyclic amines) is 1. The Labute approximate surface area is 104 Å². The van der Waals surface area contributed by atoms with Crippen molar-refractivity contribution in [3.05, 3.63) is 0 Å². The van der Waals surface area contributed by atoms with Crippen LogP contribution in [0.15, 0.2) is 0 Å². The molecule has 4 N–H and O–H groups in total. The van der Waals surface area contributed by atoms with E-state index in [2.05, 4.69) is 10.6 Å². The van der Waals surface area contributed by atoms with Crippen molar-refractivity contribution in [3.8, 4) is 0 Å². The van der Waals surface area contributed by atoms with Gasteiger partial charge in [-0.15, -0.1) is 0 Å². The van der Waals surface area contributed by atoms with Gasteiger partial charge in [-0.1, -0.05) is 0 Å². The van der Waals surface area contributed by atoms with Gasteiger partial charge in [-0.05, 0) is 6.42 Å². The van der Waals surface area contributed by atoms with Crippen LogP contribution in [-0.2, 0) is 19.2 Å². The number of piperidine rings is 1. The highest BCUT2D eigenvalue weighted by Crippen LogP contribution is 2.10. The van der Waals surface area contributed by atoms with Crippen molar-refractivity contribution >= 4 is 23.6 Å². The third-order valence-electron chi connectivity index (χ3n) is 2.62. The van der Waals surface area contributed by atoms with Crippen LogP contribution in [0.5, 0.6) is 0 Å². The lowest BCUT2D eigenvalue weighted by Crippen LogP contribution is -2.54. The maximum atomic E-state index is 11.6. The van der Waals surface area contributed by atoms with Gasteiger partial charge in [0.1, 0.15) is 6.04 Å². The number of nitrogens with zero attached hydrogens (tertiary/aromatic N) is 1. The molecule has 0 aliphatic carbocycles. The molecule has 0 bridgehead atoms. The van der Waals surface area contributed by atoms with Gasteiger partial charge in [-0.2, -0.15) is 0 Å². The lowest BCUT2D eigenvalue weighted by Gasteiger charge is -2.28. The zero-order valence-electron chi connectivity index (χ0n) is 10.1. The van der Waals surface area contributed by atoms with E-state index in [0.717, 1.165) is 4.90 Å². The van der Waals surface area contributed by atoms with Gasteiger partial charge in [0, 0.05) is 13.5 Å². The van der Waals surface area contributed by atoms with E-state index in [1.165, 1.54) is 7.05 Å². The SMILES string of the molecule is CN1C(=O)CCC(NC(=O)CNC(=O)CN)C1=O. The fourth-order valence-electron chi connectivity index (χ4n) is 1.55. The van der Waals surface area contributed by atoms with Crippen LogP contribution in [0, 0.1) is 0 Å². The Kier molecular flexibility index (Phi) is 4.78. The summed E-state index contributed by atoms with van der Waals surface area (Å²) in [5, 5.41) is 4.75. The zero-order valence-corrected chi connectivity index (χ0v) is 10.1. The summed E-state index contributed by atoms with van der Waals surface area (Å²) < 4.78 is 0. The molecule has 0 spiro atoms. The Morgan fingerprint density at radius 2 is 2.06 bits per heavy atom. The molecule has 1 atom stereocenters. The summed E-state index contributed by atoms with van der Waals surface area (Å²) in [7, 11) is 1.37. The van der Waals surface area contributed by atoms with Gasteiger partial charge in [-0.25, -0.2) is 0 Å². The summed E-state index contributed by atoms with van der Waals surface area (Å²) >= 11 is 0. The van der Waals surface area contributed by atoms with E-state index < -0.39 is 23.8 Å². The number of carbonyl (C=O) groups is 4. The molecule has 8 nitrogen and oxygen atoms in total. The van der Waals surface area contributed by atoms with Crippen molar-refractivity contribution < 1.29 is 19.2 Å². The zero-order chi connectivity index (χ0) is 13.7. The van der Waals surface area contributed by atoms with Crippen molar-refractivity contribution in [2.45, 2.75) is 18.9 Å². The molecule has 0 radical (unpaired) electrons. The molecule has 1 aliphatic rings. The van der Waals surface area contributed by atoms with Crippen LogP contribution in [0.4, 0.5) is 0 Å². The summed E-state index contributed by atoms with van der Waals surface area (Å²) in [6.07, 6.45) is 0.487. The number of likely N-dealkylation sites (N-methyl/N-ethyl adjacent to an activating group) is 1. The van der Waals surface area contributed by atoms with Gasteiger partial charge in [0.2, 0.25) is 17.7 Å². The van der Waals surface area contributed by atoms with Crippen molar-refractivity contribution in [2.24, 2.45) is 5.73 Å². The molecular weight excluding hydrogens is 240 g/mol. The van der Waals surface area contributed by atoms with Gasteiger partial charge in [0.25, 0.3) is 5.91 Å². The number of nitrogens with one attached hydrogen (secondary N) is 2. The molecule has 18 heavy (non-hydrogen) atoms. The number of nitrogens with two attached hydrogens (primary N) is 1. The molecule has 1 aliphatic heterocycles. The minimum absolute atomic E-state index is 0.202. The highest BCUT2D eigenvalue weighted by atomic mass is 16.2. The van der Waals surface area contributed by atoms with Gasteiger partial charge in [-0.3, -0.25) is 24.1 Å². The van der Waals surface area contributed by atoms with Crippen molar-refractivity contribution in [1.82, 2.24) is 15.5 Å². The molecule has 8 heteroatoms. The second kappa shape index (κ2) is 6.10. The number of imide groups is 1. The maximum absolute atomic E-state index is 11.6. The Morgan fingerprint density at radius 1 is 1.39 bits per heavy atom. The van der Waals surface area contributed by atoms with E-state index in [0.29, 0.717) is 0 Å². The molecule has 0 aromatic rings. The lowest BCUT2D eigenvalue weighted by molar-refractivity contribution is -0.149. The van der Waals surface area contributed by atoms with Crippen molar-refractivity contribution in [1.29, 1.82) is 0 Å². The Balaban J connectivity index is 2.42. The quantitative estimate of drug-likeness (QED) is 0.473. The normalized spacial score (nSPS) is 19.7. The molecule has 1 unspecified atom stereocenters. The van der Waals surface area contributed by atoms with E-state index in [-0.39, 0.29) is 31.8 Å². The molecule has 4 amide bonds. The van der Waals surface area contributed by atoms with Gasteiger partial charge < -0.3 is 16.4 Å². The second-order valence-electron chi connectivity index (χ2n) is 3.93. The largest absolute Gasteiger partial charge is 0.346 e. The average molecular weight is 256 g/mol. The lowest BCUT2D eigenvalue weighted by atomic mass is 10.0. The average Bonchev–Trinajstić information content (AvgIpc) is 2.36. The number of amides is 4. The molecule has 1 saturated heterocycles. The van der Waals surface area contributed by atoms with Crippen molar-refractivity contribution in [3.63, 3.8) is 0 Å². The van der Waals surface area contributed by atoms with Crippen molar-refractivity contribution in [2.75, 3.05) is 20.1 Å². The third-order valence-corrected chi connectivity index (χ3v) is 2.62. The second-order valence-corrected chi connectivity index (χ2v) is 3.93. The Hall–Kier alpha value is -1.96. The van der Waals surface area contributed by atoms with Gasteiger partial charge in [0.15, 0.2) is 0 Å². The van der Waals surface area contributed by atoms with Crippen LogP contribution in [0.1, 0.15) is 12.8 Å². The van der Waals surface area contributed by atoms with Gasteiger partial charge in [0.05, 0.1) is 13.1 Å². The molecule has 100 valence electrons. The maximum Gasteiger partial charge on any atom is 0.251 e. The van der Waals surface area contributed by atoms with E-state index in [1.54, 1.807) is 0 Å². The first kappa shape index (κ1) is 14.1. The van der Waals surface area contributed by atoms with Gasteiger partial charge >= 0.3 is 0 Å². The molecule has 0 aromatic carbocycles. The van der Waals surface area contributed by atoms with Crippen LogP contribution >= 0.6 is 0 Å². The molecule has 1 rings (SSSR count). The monoisotopic (exact) mass is 256 g/mol. The summed E-state index contributed by atoms with van der Waals surface area (Å²) in [6, 6.07) is -0.713. The van der Waals surface area contributed by atoms with Crippen LogP contribution < -0.4 is 16.4 Å². The number of rotatable bonds is 4. The molecule has 1 heterocycles. The predicted octanol–water partition coefficient (Wildman–Crippen LogP) is -2.68. The van der Waals surface area contributed by atoms with Crippen LogP contribution in [-0.4, -0.2) is 54.7 Å². The highest BCUT2D eigenvalue weighted by Gasteiger charge is 2.32. The number of hydrogen-bond acceptors (Lipinski definition) is 5. The van der Waals surface area contributed by atoms with Crippen LogP contribution in [0.25, 0.3) is 0 Å². The first-order chi connectivity index (χ1) is 8.45. The minimum Gasteiger partial charge on any atom is -0.346 e. The Bertz CT molecular complexity index is 382. The van der Waals surface area contributed by atoms with E-state index >= 15 is 0 Å².